The predicted molar refractivity (Wildman–Crippen MR) is 116 cm³/mol. The molecule has 0 atom stereocenters. The summed E-state index contributed by atoms with van der Waals surface area (Å²) >= 11 is 1.73. The van der Waals surface area contributed by atoms with Crippen molar-refractivity contribution in [1.29, 1.82) is 0 Å². The van der Waals surface area contributed by atoms with Gasteiger partial charge in [-0.3, -0.25) is 14.4 Å². The van der Waals surface area contributed by atoms with Gasteiger partial charge in [-0.05, 0) is 42.5 Å². The Kier molecular flexibility index (Phi) is 5.76. The van der Waals surface area contributed by atoms with Crippen molar-refractivity contribution in [2.45, 2.75) is 32.7 Å². The average molecular weight is 423 g/mol. The molecule has 0 aliphatic carbocycles. The largest absolute Gasteiger partial charge is 0.338 e. The fraction of sp³-hybridized carbons (Fsp3) is 0.273. The molecular weight excluding hydrogens is 400 g/mol. The number of nitrogens with zero attached hydrogens (tertiary/aromatic N) is 2. The molecule has 1 aromatic carbocycles. The highest BCUT2D eigenvalue weighted by Gasteiger charge is 2.21. The van der Waals surface area contributed by atoms with Crippen LogP contribution in [0, 0.1) is 6.92 Å². The van der Waals surface area contributed by atoms with Crippen LogP contribution in [0.5, 0.6) is 0 Å². The number of aromatic amines is 1. The Morgan fingerprint density at radius 1 is 1.23 bits per heavy atom. The van der Waals surface area contributed by atoms with Crippen LogP contribution >= 0.6 is 11.3 Å². The van der Waals surface area contributed by atoms with Gasteiger partial charge in [0.1, 0.15) is 5.82 Å². The number of hydrogen-bond acceptors (Lipinski definition) is 5. The first-order valence-corrected chi connectivity index (χ1v) is 10.7. The molecule has 0 saturated heterocycles. The van der Waals surface area contributed by atoms with E-state index >= 15 is 0 Å². The fourth-order valence-corrected chi connectivity index (χ4v) is 4.41. The first-order chi connectivity index (χ1) is 14.5. The lowest BCUT2D eigenvalue weighted by atomic mass is 10.1. The molecule has 8 heteroatoms. The Morgan fingerprint density at radius 3 is 2.93 bits per heavy atom. The van der Waals surface area contributed by atoms with Crippen molar-refractivity contribution < 1.29 is 9.59 Å². The van der Waals surface area contributed by atoms with Gasteiger partial charge in [-0.15, -0.1) is 11.3 Å². The average Bonchev–Trinajstić information content (AvgIpc) is 3.19. The van der Waals surface area contributed by atoms with Crippen molar-refractivity contribution in [1.82, 2.24) is 14.9 Å². The van der Waals surface area contributed by atoms with Crippen LogP contribution in [0.4, 0.5) is 5.69 Å². The second-order valence-corrected chi connectivity index (χ2v) is 8.30. The van der Waals surface area contributed by atoms with Gasteiger partial charge in [0.05, 0.1) is 0 Å². The van der Waals surface area contributed by atoms with Crippen molar-refractivity contribution in [3.05, 3.63) is 68.3 Å². The molecule has 7 nitrogen and oxygen atoms in total. The number of aromatic nitrogens is 2. The topological polar surface area (TPSA) is 95.2 Å². The molecule has 1 aliphatic heterocycles. The van der Waals surface area contributed by atoms with E-state index in [-0.39, 0.29) is 30.2 Å². The van der Waals surface area contributed by atoms with Crippen molar-refractivity contribution in [3.8, 4) is 11.4 Å². The minimum atomic E-state index is -0.224. The highest BCUT2D eigenvalue weighted by atomic mass is 32.1. The third-order valence-corrected chi connectivity index (χ3v) is 6.04. The number of aryl methyl sites for hydroxylation is 1. The summed E-state index contributed by atoms with van der Waals surface area (Å²) in [6, 6.07) is 10.6. The number of nitrogens with one attached hydrogen (secondary N) is 2. The molecule has 30 heavy (non-hydrogen) atoms. The smallest absolute Gasteiger partial charge is 0.251 e. The Labute approximate surface area is 177 Å². The standard InChI is InChI=1S/C22H22N4O3S/c1-14-11-20(28)25-22(23-14)15-3-2-4-17(12-15)24-19(27)5-6-21(29)26-9-7-18-16(13-26)8-10-30-18/h2-4,8,10-12H,5-7,9,13H2,1H3,(H,24,27)(H,23,25,28). The number of hydrogen-bond donors (Lipinski definition) is 2. The molecule has 3 heterocycles. The lowest BCUT2D eigenvalue weighted by Gasteiger charge is -2.27. The van der Waals surface area contributed by atoms with E-state index in [4.69, 9.17) is 0 Å². The Hall–Kier alpha value is -3.26. The summed E-state index contributed by atoms with van der Waals surface area (Å²) in [6.45, 7) is 3.09. The van der Waals surface area contributed by atoms with E-state index in [1.807, 2.05) is 11.0 Å². The van der Waals surface area contributed by atoms with Crippen LogP contribution in [0.2, 0.25) is 0 Å². The van der Waals surface area contributed by atoms with Gasteiger partial charge in [0, 0.05) is 53.8 Å². The summed E-state index contributed by atoms with van der Waals surface area (Å²) in [6.07, 6.45) is 1.18. The molecule has 2 aromatic heterocycles. The lowest BCUT2D eigenvalue weighted by Crippen LogP contribution is -2.35. The van der Waals surface area contributed by atoms with Crippen LogP contribution in [-0.2, 0) is 22.6 Å². The number of carbonyl (C=O) groups excluding carboxylic acids is 2. The summed E-state index contributed by atoms with van der Waals surface area (Å²) in [5.74, 6) is 0.223. The highest BCUT2D eigenvalue weighted by molar-refractivity contribution is 7.10. The van der Waals surface area contributed by atoms with Crippen LogP contribution in [0.1, 0.15) is 29.0 Å². The molecule has 154 valence electrons. The number of anilines is 1. The maximum atomic E-state index is 12.5. The summed E-state index contributed by atoms with van der Waals surface area (Å²) in [4.78, 5) is 46.7. The monoisotopic (exact) mass is 422 g/mol. The van der Waals surface area contributed by atoms with Gasteiger partial charge in [-0.2, -0.15) is 0 Å². The van der Waals surface area contributed by atoms with Gasteiger partial charge in [0.2, 0.25) is 11.8 Å². The van der Waals surface area contributed by atoms with Crippen LogP contribution in [0.25, 0.3) is 11.4 Å². The van der Waals surface area contributed by atoms with E-state index in [1.165, 1.54) is 16.5 Å². The van der Waals surface area contributed by atoms with E-state index in [0.29, 0.717) is 35.9 Å². The van der Waals surface area contributed by atoms with E-state index in [9.17, 15) is 14.4 Å². The number of carbonyl (C=O) groups is 2. The van der Waals surface area contributed by atoms with Crippen molar-refractivity contribution in [3.63, 3.8) is 0 Å². The predicted octanol–water partition coefficient (Wildman–Crippen LogP) is 3.11. The zero-order chi connectivity index (χ0) is 21.1. The summed E-state index contributed by atoms with van der Waals surface area (Å²) in [5, 5.41) is 4.88. The molecule has 2 amide bonds. The number of H-pyrrole nitrogens is 1. The minimum Gasteiger partial charge on any atom is -0.338 e. The Morgan fingerprint density at radius 2 is 2.10 bits per heavy atom. The van der Waals surface area contributed by atoms with E-state index in [1.54, 1.807) is 36.5 Å². The third-order valence-electron chi connectivity index (χ3n) is 5.02. The first kappa shape index (κ1) is 20.0. The SMILES string of the molecule is Cc1cc(=O)[nH]c(-c2cccc(NC(=O)CCC(=O)N3CCc4sccc4C3)c2)n1. The summed E-state index contributed by atoms with van der Waals surface area (Å²) in [5.41, 5.74) is 2.90. The second-order valence-electron chi connectivity index (χ2n) is 7.30. The molecule has 4 rings (SSSR count). The number of benzene rings is 1. The second kappa shape index (κ2) is 8.62. The van der Waals surface area contributed by atoms with E-state index in [0.717, 1.165) is 6.42 Å². The van der Waals surface area contributed by atoms with Crippen molar-refractivity contribution in [2.75, 3.05) is 11.9 Å². The van der Waals surface area contributed by atoms with Crippen LogP contribution in [-0.4, -0.2) is 33.2 Å². The molecule has 0 radical (unpaired) electrons. The normalized spacial score (nSPS) is 13.0. The number of amides is 2. The molecule has 1 aliphatic rings. The number of rotatable bonds is 5. The zero-order valence-electron chi connectivity index (χ0n) is 16.6. The van der Waals surface area contributed by atoms with Crippen LogP contribution < -0.4 is 10.9 Å². The van der Waals surface area contributed by atoms with Crippen molar-refractivity contribution >= 4 is 28.8 Å². The Balaban J connectivity index is 1.34. The van der Waals surface area contributed by atoms with Crippen LogP contribution in [0.3, 0.4) is 0 Å². The number of thiophene rings is 1. The molecule has 0 unspecified atom stereocenters. The van der Waals surface area contributed by atoms with Crippen molar-refractivity contribution in [2.24, 2.45) is 0 Å². The first-order valence-electron chi connectivity index (χ1n) is 9.79. The Bertz CT molecular complexity index is 1150. The molecule has 0 bridgehead atoms. The zero-order valence-corrected chi connectivity index (χ0v) is 17.4. The fourth-order valence-electron chi connectivity index (χ4n) is 3.52. The highest BCUT2D eigenvalue weighted by Crippen LogP contribution is 2.24. The molecule has 0 fully saturated rings. The van der Waals surface area contributed by atoms with E-state index in [2.05, 4.69) is 26.7 Å². The van der Waals surface area contributed by atoms with Gasteiger partial charge < -0.3 is 15.2 Å². The summed E-state index contributed by atoms with van der Waals surface area (Å²) < 4.78 is 0. The third kappa shape index (κ3) is 4.65. The maximum absolute atomic E-state index is 12.5. The number of fused-ring (bicyclic) bond motifs is 1. The molecule has 2 N–H and O–H groups in total. The minimum absolute atomic E-state index is 0.00251. The quantitative estimate of drug-likeness (QED) is 0.660. The maximum Gasteiger partial charge on any atom is 0.251 e. The van der Waals surface area contributed by atoms with Gasteiger partial charge in [0.25, 0.3) is 5.56 Å². The van der Waals surface area contributed by atoms with Gasteiger partial charge >= 0.3 is 0 Å². The van der Waals surface area contributed by atoms with E-state index < -0.39 is 0 Å². The lowest BCUT2D eigenvalue weighted by molar-refractivity contribution is -0.133. The van der Waals surface area contributed by atoms with Gasteiger partial charge in [-0.1, -0.05) is 12.1 Å². The van der Waals surface area contributed by atoms with Gasteiger partial charge in [0.15, 0.2) is 0 Å². The van der Waals surface area contributed by atoms with Gasteiger partial charge in [-0.25, -0.2) is 4.98 Å². The molecule has 0 saturated carbocycles. The molecular formula is C22H22N4O3S. The molecule has 0 spiro atoms. The molecule has 3 aromatic rings. The summed E-state index contributed by atoms with van der Waals surface area (Å²) in [7, 11) is 0. The van der Waals surface area contributed by atoms with Crippen LogP contribution in [0.15, 0.2) is 46.6 Å².